The van der Waals surface area contributed by atoms with E-state index in [0.29, 0.717) is 6.42 Å². The molecule has 1 heterocycles. The van der Waals surface area contributed by atoms with Crippen LogP contribution in [0.3, 0.4) is 0 Å². The van der Waals surface area contributed by atoms with Crippen LogP contribution in [0, 0.1) is 12.3 Å². The molecule has 0 fully saturated rings. The lowest BCUT2D eigenvalue weighted by Gasteiger charge is -2.13. The fourth-order valence-electron chi connectivity index (χ4n) is 1.59. The van der Waals surface area contributed by atoms with Crippen LogP contribution in [-0.4, -0.2) is 9.97 Å². The smallest absolute Gasteiger partial charge is 0.0890 e. The number of hydrazine groups is 1. The van der Waals surface area contributed by atoms with Crippen molar-refractivity contribution in [1.29, 1.82) is 0 Å². The Labute approximate surface area is 93.9 Å². The van der Waals surface area contributed by atoms with Crippen LogP contribution in [0.4, 0.5) is 0 Å². The highest BCUT2D eigenvalue weighted by Gasteiger charge is 2.08. The lowest BCUT2D eigenvalue weighted by molar-refractivity contribution is 0.568. The zero-order chi connectivity index (χ0) is 11.4. The third kappa shape index (κ3) is 2.01. The summed E-state index contributed by atoms with van der Waals surface area (Å²) in [5, 5.41) is 0. The molecule has 0 aliphatic carbocycles. The predicted octanol–water partition coefficient (Wildman–Crippen LogP) is 1.16. The minimum atomic E-state index is -0.0450. The van der Waals surface area contributed by atoms with Gasteiger partial charge in [-0.15, -0.1) is 12.3 Å². The average Bonchev–Trinajstić information content (AvgIpc) is 2.35. The summed E-state index contributed by atoms with van der Waals surface area (Å²) in [4.78, 5) is 8.43. The summed E-state index contributed by atoms with van der Waals surface area (Å²) in [5.74, 6) is 8.04. The van der Waals surface area contributed by atoms with Crippen LogP contribution in [0.15, 0.2) is 30.6 Å². The third-order valence-electron chi connectivity index (χ3n) is 2.42. The fourth-order valence-corrected chi connectivity index (χ4v) is 1.59. The van der Waals surface area contributed by atoms with E-state index in [-0.39, 0.29) is 6.04 Å². The molecule has 2 aromatic rings. The topological polar surface area (TPSA) is 63.8 Å². The summed E-state index contributed by atoms with van der Waals surface area (Å²) >= 11 is 0. The molecule has 0 radical (unpaired) electrons. The van der Waals surface area contributed by atoms with Crippen molar-refractivity contribution in [1.82, 2.24) is 15.4 Å². The van der Waals surface area contributed by atoms with Gasteiger partial charge in [-0.3, -0.25) is 21.2 Å². The fraction of sp³-hybridized carbons (Fsp3) is 0.167. The number of benzene rings is 1. The highest BCUT2D eigenvalue weighted by molar-refractivity contribution is 5.74. The van der Waals surface area contributed by atoms with Gasteiger partial charge in [-0.1, -0.05) is 6.07 Å². The Balaban J connectivity index is 2.42. The predicted molar refractivity (Wildman–Crippen MR) is 63.1 cm³/mol. The van der Waals surface area contributed by atoms with E-state index in [1.165, 1.54) is 0 Å². The van der Waals surface area contributed by atoms with E-state index < -0.39 is 0 Å². The van der Waals surface area contributed by atoms with Crippen LogP contribution < -0.4 is 11.3 Å². The van der Waals surface area contributed by atoms with E-state index in [1.807, 2.05) is 18.2 Å². The van der Waals surface area contributed by atoms with Crippen LogP contribution in [0.2, 0.25) is 0 Å². The molecule has 0 bridgehead atoms. The Morgan fingerprint density at radius 2 is 2.06 bits per heavy atom. The summed E-state index contributed by atoms with van der Waals surface area (Å²) in [6.45, 7) is 0. The van der Waals surface area contributed by atoms with Crippen molar-refractivity contribution in [2.45, 2.75) is 12.5 Å². The van der Waals surface area contributed by atoms with Crippen LogP contribution in [-0.2, 0) is 0 Å². The van der Waals surface area contributed by atoms with Gasteiger partial charge < -0.3 is 0 Å². The molecule has 16 heavy (non-hydrogen) atoms. The van der Waals surface area contributed by atoms with Gasteiger partial charge in [0.1, 0.15) is 0 Å². The molecule has 0 aliphatic heterocycles. The molecule has 0 amide bonds. The van der Waals surface area contributed by atoms with Gasteiger partial charge in [-0.05, 0) is 17.7 Å². The summed E-state index contributed by atoms with van der Waals surface area (Å²) in [6.07, 6.45) is 9.16. The van der Waals surface area contributed by atoms with Gasteiger partial charge in [0.15, 0.2) is 0 Å². The highest BCUT2D eigenvalue weighted by atomic mass is 15.2. The number of nitrogens with one attached hydrogen (secondary N) is 1. The highest BCUT2D eigenvalue weighted by Crippen LogP contribution is 2.19. The monoisotopic (exact) mass is 212 g/mol. The van der Waals surface area contributed by atoms with Crippen molar-refractivity contribution in [3.8, 4) is 12.3 Å². The number of hydrogen-bond acceptors (Lipinski definition) is 4. The molecule has 80 valence electrons. The summed E-state index contributed by atoms with van der Waals surface area (Å²) in [6, 6.07) is 5.78. The Morgan fingerprint density at radius 3 is 2.75 bits per heavy atom. The Bertz CT molecular complexity index is 530. The van der Waals surface area contributed by atoms with Gasteiger partial charge in [0.05, 0.1) is 17.1 Å². The molecule has 1 atom stereocenters. The minimum Gasteiger partial charge on any atom is -0.271 e. The summed E-state index contributed by atoms with van der Waals surface area (Å²) in [5.41, 5.74) is 5.42. The van der Waals surface area contributed by atoms with Crippen molar-refractivity contribution in [2.75, 3.05) is 0 Å². The molecule has 1 aromatic carbocycles. The van der Waals surface area contributed by atoms with Crippen LogP contribution >= 0.6 is 0 Å². The van der Waals surface area contributed by atoms with E-state index in [2.05, 4.69) is 21.3 Å². The van der Waals surface area contributed by atoms with E-state index in [9.17, 15) is 0 Å². The van der Waals surface area contributed by atoms with Crippen LogP contribution in [0.25, 0.3) is 11.0 Å². The molecular weight excluding hydrogens is 200 g/mol. The number of rotatable bonds is 3. The normalized spacial score (nSPS) is 12.2. The molecule has 4 nitrogen and oxygen atoms in total. The minimum absolute atomic E-state index is 0.0450. The number of nitrogens with zero attached hydrogens (tertiary/aromatic N) is 2. The number of nitrogens with two attached hydrogens (primary N) is 1. The van der Waals surface area contributed by atoms with E-state index in [0.717, 1.165) is 16.6 Å². The quantitative estimate of drug-likeness (QED) is 0.455. The molecular formula is C12H12N4. The zero-order valence-corrected chi connectivity index (χ0v) is 8.72. The lowest BCUT2D eigenvalue weighted by Crippen LogP contribution is -2.27. The molecule has 0 saturated heterocycles. The first-order valence-electron chi connectivity index (χ1n) is 4.95. The van der Waals surface area contributed by atoms with Crippen molar-refractivity contribution in [2.24, 2.45) is 5.84 Å². The first-order valence-corrected chi connectivity index (χ1v) is 4.95. The first kappa shape index (κ1) is 10.6. The Kier molecular flexibility index (Phi) is 3.10. The third-order valence-corrected chi connectivity index (χ3v) is 2.42. The van der Waals surface area contributed by atoms with E-state index in [1.54, 1.807) is 12.4 Å². The maximum atomic E-state index is 5.45. The number of terminal acetylenes is 1. The van der Waals surface area contributed by atoms with Gasteiger partial charge in [-0.2, -0.15) is 0 Å². The number of fused-ring (bicyclic) bond motifs is 1. The first-order chi connectivity index (χ1) is 7.85. The van der Waals surface area contributed by atoms with Crippen molar-refractivity contribution < 1.29 is 0 Å². The molecule has 3 N–H and O–H groups in total. The van der Waals surface area contributed by atoms with Gasteiger partial charge in [0.25, 0.3) is 0 Å². The standard InChI is InChI=1S/C12H12N4/c1-2-3-10(16-13)9-4-5-11-12(8-9)15-7-6-14-11/h1,4-8,10,16H,3,13H2. The van der Waals surface area contributed by atoms with Crippen LogP contribution in [0.5, 0.6) is 0 Å². The maximum absolute atomic E-state index is 5.45. The van der Waals surface area contributed by atoms with Gasteiger partial charge in [0, 0.05) is 18.8 Å². The van der Waals surface area contributed by atoms with Gasteiger partial charge in [0.2, 0.25) is 0 Å². The maximum Gasteiger partial charge on any atom is 0.0890 e. The average molecular weight is 212 g/mol. The second kappa shape index (κ2) is 4.71. The number of hydrogen-bond donors (Lipinski definition) is 2. The Hall–Kier alpha value is -1.96. The molecule has 4 heteroatoms. The van der Waals surface area contributed by atoms with Crippen LogP contribution in [0.1, 0.15) is 18.0 Å². The van der Waals surface area contributed by atoms with Gasteiger partial charge in [-0.25, -0.2) is 0 Å². The SMILES string of the molecule is C#CCC(NN)c1ccc2nccnc2c1. The lowest BCUT2D eigenvalue weighted by atomic mass is 10.0. The molecule has 1 aromatic heterocycles. The van der Waals surface area contributed by atoms with E-state index >= 15 is 0 Å². The number of aromatic nitrogens is 2. The second-order valence-electron chi connectivity index (χ2n) is 3.43. The molecule has 0 spiro atoms. The van der Waals surface area contributed by atoms with Gasteiger partial charge >= 0.3 is 0 Å². The summed E-state index contributed by atoms with van der Waals surface area (Å²) < 4.78 is 0. The van der Waals surface area contributed by atoms with E-state index in [4.69, 9.17) is 12.3 Å². The van der Waals surface area contributed by atoms with Crippen molar-refractivity contribution >= 4 is 11.0 Å². The second-order valence-corrected chi connectivity index (χ2v) is 3.43. The van der Waals surface area contributed by atoms with Crippen molar-refractivity contribution in [3.63, 3.8) is 0 Å². The van der Waals surface area contributed by atoms with Crippen molar-refractivity contribution in [3.05, 3.63) is 36.2 Å². The Morgan fingerprint density at radius 1 is 1.31 bits per heavy atom. The molecule has 0 saturated carbocycles. The summed E-state index contributed by atoms with van der Waals surface area (Å²) in [7, 11) is 0. The molecule has 0 aliphatic rings. The zero-order valence-electron chi connectivity index (χ0n) is 8.72. The molecule has 1 unspecified atom stereocenters. The largest absolute Gasteiger partial charge is 0.271 e. The molecule has 2 rings (SSSR count).